The molecular weight excluding hydrogens is 647 g/mol. The van der Waals surface area contributed by atoms with Gasteiger partial charge in [0.05, 0.1) is 5.69 Å². The zero-order valence-corrected chi connectivity index (χ0v) is 29.2. The molecule has 2 heteroatoms. The number of benzene rings is 9. The van der Waals surface area contributed by atoms with Gasteiger partial charge in [-0.25, -0.2) is 0 Å². The maximum absolute atomic E-state index is 2.42. The molecule has 1 heterocycles. The third-order valence-corrected chi connectivity index (χ3v) is 11.4. The summed E-state index contributed by atoms with van der Waals surface area (Å²) in [5.41, 5.74) is 10.8. The highest BCUT2D eigenvalue weighted by molar-refractivity contribution is 7.26. The molecule has 244 valence electrons. The van der Waals surface area contributed by atoms with Crippen LogP contribution in [0.4, 0.5) is 17.1 Å². The third-order valence-electron chi connectivity index (χ3n) is 10.3. The smallest absolute Gasteiger partial charge is 0.0554 e. The van der Waals surface area contributed by atoms with Crippen LogP contribution < -0.4 is 4.90 Å². The monoisotopic (exact) mass is 679 g/mol. The molecule has 0 atom stereocenters. The van der Waals surface area contributed by atoms with Gasteiger partial charge in [0.15, 0.2) is 0 Å². The van der Waals surface area contributed by atoms with Gasteiger partial charge in [-0.15, -0.1) is 11.3 Å². The molecule has 0 fully saturated rings. The fraction of sp³-hybridized carbons (Fsp3) is 0. The Morgan fingerprint density at radius 2 is 0.865 bits per heavy atom. The summed E-state index contributed by atoms with van der Waals surface area (Å²) < 4.78 is 2.59. The van der Waals surface area contributed by atoms with Crippen molar-refractivity contribution in [2.24, 2.45) is 0 Å². The summed E-state index contributed by atoms with van der Waals surface area (Å²) >= 11 is 1.86. The van der Waals surface area contributed by atoms with E-state index in [9.17, 15) is 0 Å². The van der Waals surface area contributed by atoms with Crippen LogP contribution in [0, 0.1) is 0 Å². The van der Waals surface area contributed by atoms with E-state index in [1.807, 2.05) is 11.3 Å². The Balaban J connectivity index is 1.09. The number of rotatable bonds is 6. The van der Waals surface area contributed by atoms with Gasteiger partial charge in [-0.2, -0.15) is 0 Å². The summed E-state index contributed by atoms with van der Waals surface area (Å²) in [6.45, 7) is 0. The second-order valence-electron chi connectivity index (χ2n) is 13.3. The number of anilines is 3. The maximum atomic E-state index is 2.42. The minimum absolute atomic E-state index is 1.12. The van der Waals surface area contributed by atoms with Crippen LogP contribution in [0.2, 0.25) is 0 Å². The number of nitrogens with zero attached hydrogens (tertiary/aromatic N) is 1. The maximum Gasteiger partial charge on any atom is 0.0554 e. The molecule has 10 aromatic rings. The van der Waals surface area contributed by atoms with E-state index in [0.717, 1.165) is 11.4 Å². The first kappa shape index (κ1) is 30.4. The van der Waals surface area contributed by atoms with E-state index in [2.05, 4.69) is 205 Å². The SMILES string of the molecule is c1ccc(-c2ccc3c(-c4ccc(N(c5ccc(-c6cccc7ccccc67)cc5)c5cccc6sc7ccccc7c56)cc4)cccc3c2)cc1. The third kappa shape index (κ3) is 5.24. The quantitative estimate of drug-likeness (QED) is 0.169. The van der Waals surface area contributed by atoms with E-state index in [4.69, 9.17) is 0 Å². The van der Waals surface area contributed by atoms with E-state index in [1.54, 1.807) is 0 Å². The fourth-order valence-electron chi connectivity index (χ4n) is 7.77. The highest BCUT2D eigenvalue weighted by atomic mass is 32.1. The summed E-state index contributed by atoms with van der Waals surface area (Å²) in [5.74, 6) is 0. The van der Waals surface area contributed by atoms with Crippen LogP contribution in [-0.2, 0) is 0 Å². The van der Waals surface area contributed by atoms with Crippen molar-refractivity contribution in [2.75, 3.05) is 4.90 Å². The van der Waals surface area contributed by atoms with Crippen LogP contribution in [0.15, 0.2) is 200 Å². The second-order valence-corrected chi connectivity index (χ2v) is 14.4. The molecular formula is C50H33NS. The highest BCUT2D eigenvalue weighted by Gasteiger charge is 2.19. The summed E-state index contributed by atoms with van der Waals surface area (Å²) in [5, 5.41) is 7.59. The Hall–Kier alpha value is -6.48. The normalized spacial score (nSPS) is 11.5. The summed E-state index contributed by atoms with van der Waals surface area (Å²) in [6, 6.07) is 72.9. The van der Waals surface area contributed by atoms with Gasteiger partial charge in [0.25, 0.3) is 0 Å². The number of thiophene rings is 1. The molecule has 0 unspecified atom stereocenters. The first-order valence-corrected chi connectivity index (χ1v) is 18.6. The molecule has 0 aliphatic heterocycles. The first-order chi connectivity index (χ1) is 25.8. The molecule has 10 rings (SSSR count). The fourth-order valence-corrected chi connectivity index (χ4v) is 8.90. The van der Waals surface area contributed by atoms with Gasteiger partial charge in [-0.05, 0) is 103 Å². The molecule has 52 heavy (non-hydrogen) atoms. The number of hydrogen-bond donors (Lipinski definition) is 0. The number of hydrogen-bond acceptors (Lipinski definition) is 2. The van der Waals surface area contributed by atoms with Gasteiger partial charge in [0.2, 0.25) is 0 Å². The highest BCUT2D eigenvalue weighted by Crippen LogP contribution is 2.45. The lowest BCUT2D eigenvalue weighted by Gasteiger charge is -2.27. The second kappa shape index (κ2) is 12.7. The predicted octanol–water partition coefficient (Wildman–Crippen LogP) is 14.8. The van der Waals surface area contributed by atoms with Gasteiger partial charge in [-0.1, -0.05) is 152 Å². The molecule has 1 nitrogen and oxygen atoms in total. The Morgan fingerprint density at radius 3 is 1.60 bits per heavy atom. The molecule has 0 aliphatic carbocycles. The van der Waals surface area contributed by atoms with E-state index in [-0.39, 0.29) is 0 Å². The van der Waals surface area contributed by atoms with Gasteiger partial charge < -0.3 is 4.90 Å². The average molecular weight is 680 g/mol. The predicted molar refractivity (Wildman–Crippen MR) is 225 cm³/mol. The average Bonchev–Trinajstić information content (AvgIpc) is 3.61. The molecule has 0 N–H and O–H groups in total. The lowest BCUT2D eigenvalue weighted by Crippen LogP contribution is -2.10. The summed E-state index contributed by atoms with van der Waals surface area (Å²) in [4.78, 5) is 2.42. The molecule has 1 aromatic heterocycles. The van der Waals surface area contributed by atoms with Gasteiger partial charge in [-0.3, -0.25) is 0 Å². The molecule has 0 bridgehead atoms. The lowest BCUT2D eigenvalue weighted by molar-refractivity contribution is 1.30. The minimum atomic E-state index is 1.12. The summed E-state index contributed by atoms with van der Waals surface area (Å²) in [6.07, 6.45) is 0. The van der Waals surface area contributed by atoms with Crippen molar-refractivity contribution in [3.63, 3.8) is 0 Å². The Labute approximate surface area is 307 Å². The summed E-state index contributed by atoms with van der Waals surface area (Å²) in [7, 11) is 0. The Morgan fingerprint density at radius 1 is 0.327 bits per heavy atom. The van der Waals surface area contributed by atoms with Crippen LogP contribution >= 0.6 is 11.3 Å². The molecule has 9 aromatic carbocycles. The van der Waals surface area contributed by atoms with Crippen LogP contribution in [0.5, 0.6) is 0 Å². The van der Waals surface area contributed by atoms with E-state index in [0.29, 0.717) is 0 Å². The zero-order valence-electron chi connectivity index (χ0n) is 28.4. The minimum Gasteiger partial charge on any atom is -0.310 e. The van der Waals surface area contributed by atoms with Gasteiger partial charge in [0, 0.05) is 31.5 Å². The Bertz CT molecular complexity index is 2880. The first-order valence-electron chi connectivity index (χ1n) is 17.8. The van der Waals surface area contributed by atoms with Crippen molar-refractivity contribution in [3.05, 3.63) is 200 Å². The molecule has 0 amide bonds. The molecule has 0 radical (unpaired) electrons. The van der Waals surface area contributed by atoms with Crippen molar-refractivity contribution in [1.82, 2.24) is 0 Å². The molecule has 0 saturated heterocycles. The van der Waals surface area contributed by atoms with Crippen LogP contribution in [0.1, 0.15) is 0 Å². The van der Waals surface area contributed by atoms with Crippen molar-refractivity contribution in [2.45, 2.75) is 0 Å². The zero-order chi connectivity index (χ0) is 34.4. The van der Waals surface area contributed by atoms with Crippen LogP contribution in [0.3, 0.4) is 0 Å². The van der Waals surface area contributed by atoms with Gasteiger partial charge in [0.1, 0.15) is 0 Å². The van der Waals surface area contributed by atoms with Crippen molar-refractivity contribution in [3.8, 4) is 33.4 Å². The largest absolute Gasteiger partial charge is 0.310 e. The Kier molecular flexibility index (Phi) is 7.41. The topological polar surface area (TPSA) is 3.24 Å². The molecule has 0 saturated carbocycles. The van der Waals surface area contributed by atoms with E-state index in [1.165, 1.54) is 80.8 Å². The van der Waals surface area contributed by atoms with Crippen LogP contribution in [-0.4, -0.2) is 0 Å². The van der Waals surface area contributed by atoms with E-state index < -0.39 is 0 Å². The standard InChI is InChI=1S/C50H33NS/c1-2-11-34(12-3-1)38-27-32-45-39(33-38)15-9-19-44(45)37-25-30-41(31-26-37)51(47-20-10-22-49-50(47)46-17-6-7-21-48(46)52-49)40-28-23-36(24-29-40)43-18-8-14-35-13-4-5-16-42(35)43/h1-33H. The molecule has 0 aliphatic rings. The van der Waals surface area contributed by atoms with Crippen molar-refractivity contribution >= 4 is 70.1 Å². The van der Waals surface area contributed by atoms with Crippen LogP contribution in [0.25, 0.3) is 75.1 Å². The number of fused-ring (bicyclic) bond motifs is 5. The molecule has 0 spiro atoms. The van der Waals surface area contributed by atoms with Crippen molar-refractivity contribution in [1.29, 1.82) is 0 Å². The van der Waals surface area contributed by atoms with Gasteiger partial charge >= 0.3 is 0 Å². The van der Waals surface area contributed by atoms with Crippen molar-refractivity contribution < 1.29 is 0 Å². The lowest BCUT2D eigenvalue weighted by atomic mass is 9.95. The van der Waals surface area contributed by atoms with E-state index >= 15 is 0 Å².